The molecule has 2 aromatic rings. The van der Waals surface area contributed by atoms with Crippen LogP contribution in [-0.2, 0) is 6.42 Å². The van der Waals surface area contributed by atoms with Gasteiger partial charge >= 0.3 is 0 Å². The molecule has 1 heterocycles. The predicted molar refractivity (Wildman–Crippen MR) is 62.9 cm³/mol. The SMILES string of the molecule is CCc1cc(N)c2scc(S)c2c1. The first-order valence-corrected chi connectivity index (χ1v) is 5.53. The van der Waals surface area contributed by atoms with Gasteiger partial charge in [-0.2, -0.15) is 0 Å². The van der Waals surface area contributed by atoms with E-state index in [2.05, 4.69) is 25.6 Å². The van der Waals surface area contributed by atoms with E-state index < -0.39 is 0 Å². The summed E-state index contributed by atoms with van der Waals surface area (Å²) >= 11 is 6.05. The Morgan fingerprint density at radius 1 is 1.46 bits per heavy atom. The van der Waals surface area contributed by atoms with Gasteiger partial charge in [0.15, 0.2) is 0 Å². The minimum atomic E-state index is 0.875. The lowest BCUT2D eigenvalue weighted by atomic mass is 10.1. The van der Waals surface area contributed by atoms with Crippen LogP contribution in [0, 0.1) is 0 Å². The zero-order chi connectivity index (χ0) is 9.42. The van der Waals surface area contributed by atoms with Gasteiger partial charge in [0.2, 0.25) is 0 Å². The van der Waals surface area contributed by atoms with Gasteiger partial charge in [-0.15, -0.1) is 24.0 Å². The second-order valence-corrected chi connectivity index (χ2v) is 4.40. The fourth-order valence-electron chi connectivity index (χ4n) is 1.42. The molecular formula is C10H11NS2. The Morgan fingerprint density at radius 2 is 2.23 bits per heavy atom. The van der Waals surface area contributed by atoms with Gasteiger partial charge in [-0.1, -0.05) is 6.92 Å². The van der Waals surface area contributed by atoms with Crippen LogP contribution < -0.4 is 5.73 Å². The summed E-state index contributed by atoms with van der Waals surface area (Å²) in [7, 11) is 0. The first-order chi connectivity index (χ1) is 6.22. The van der Waals surface area contributed by atoms with Crippen LogP contribution in [0.15, 0.2) is 22.4 Å². The van der Waals surface area contributed by atoms with Crippen LogP contribution in [-0.4, -0.2) is 0 Å². The lowest BCUT2D eigenvalue weighted by Crippen LogP contribution is -1.88. The number of fused-ring (bicyclic) bond motifs is 1. The van der Waals surface area contributed by atoms with Crippen molar-refractivity contribution in [2.75, 3.05) is 5.73 Å². The number of rotatable bonds is 1. The molecule has 0 fully saturated rings. The maximum absolute atomic E-state index is 5.92. The summed E-state index contributed by atoms with van der Waals surface area (Å²) < 4.78 is 1.15. The Morgan fingerprint density at radius 3 is 2.92 bits per heavy atom. The monoisotopic (exact) mass is 209 g/mol. The van der Waals surface area contributed by atoms with E-state index in [4.69, 9.17) is 5.73 Å². The standard InChI is InChI=1S/C10H11NS2/c1-2-6-3-7-9(12)5-13-10(7)8(11)4-6/h3-5,12H,2,11H2,1H3. The largest absolute Gasteiger partial charge is 0.398 e. The van der Waals surface area contributed by atoms with Gasteiger partial charge in [-0.25, -0.2) is 0 Å². The Bertz CT molecular complexity index is 445. The summed E-state index contributed by atoms with van der Waals surface area (Å²) in [6.07, 6.45) is 1.02. The molecule has 0 bridgehead atoms. The zero-order valence-electron chi connectivity index (χ0n) is 7.37. The average Bonchev–Trinajstić information content (AvgIpc) is 2.48. The molecule has 2 rings (SSSR count). The molecule has 0 aliphatic heterocycles. The summed E-state index contributed by atoms with van der Waals surface area (Å²) in [6, 6.07) is 4.22. The van der Waals surface area contributed by atoms with E-state index in [-0.39, 0.29) is 0 Å². The fourth-order valence-corrected chi connectivity index (χ4v) is 2.67. The van der Waals surface area contributed by atoms with Crippen molar-refractivity contribution in [3.8, 4) is 0 Å². The third-order valence-electron chi connectivity index (χ3n) is 2.15. The van der Waals surface area contributed by atoms with Crippen molar-refractivity contribution < 1.29 is 0 Å². The van der Waals surface area contributed by atoms with Gasteiger partial charge in [0, 0.05) is 21.3 Å². The highest BCUT2D eigenvalue weighted by Gasteiger charge is 2.05. The van der Waals surface area contributed by atoms with E-state index >= 15 is 0 Å². The molecule has 0 radical (unpaired) electrons. The Balaban J connectivity index is 2.80. The van der Waals surface area contributed by atoms with Crippen molar-refractivity contribution in [3.05, 3.63) is 23.1 Å². The highest BCUT2D eigenvalue weighted by atomic mass is 32.1. The second-order valence-electron chi connectivity index (χ2n) is 3.04. The van der Waals surface area contributed by atoms with Gasteiger partial charge in [-0.05, 0) is 24.1 Å². The van der Waals surface area contributed by atoms with Crippen molar-refractivity contribution in [2.24, 2.45) is 0 Å². The summed E-state index contributed by atoms with van der Waals surface area (Å²) in [5, 5.41) is 3.22. The predicted octanol–water partition coefficient (Wildman–Crippen LogP) is 3.33. The number of nitrogens with two attached hydrogens (primary N) is 1. The van der Waals surface area contributed by atoms with Crippen LogP contribution in [0.1, 0.15) is 12.5 Å². The molecule has 1 aromatic carbocycles. The highest BCUT2D eigenvalue weighted by Crippen LogP contribution is 2.33. The number of hydrogen-bond donors (Lipinski definition) is 2. The van der Waals surface area contributed by atoms with Crippen LogP contribution in [0.25, 0.3) is 10.1 Å². The zero-order valence-corrected chi connectivity index (χ0v) is 9.08. The molecule has 0 spiro atoms. The molecule has 0 atom stereocenters. The lowest BCUT2D eigenvalue weighted by molar-refractivity contribution is 1.15. The van der Waals surface area contributed by atoms with Crippen molar-refractivity contribution in [3.63, 3.8) is 0 Å². The molecule has 1 aromatic heterocycles. The lowest BCUT2D eigenvalue weighted by Gasteiger charge is -2.01. The van der Waals surface area contributed by atoms with Crippen molar-refractivity contribution in [1.82, 2.24) is 0 Å². The average molecular weight is 209 g/mol. The normalized spacial score (nSPS) is 10.9. The molecule has 0 unspecified atom stereocenters. The first kappa shape index (κ1) is 8.91. The quantitative estimate of drug-likeness (QED) is 0.547. The van der Waals surface area contributed by atoms with Gasteiger partial charge in [-0.3, -0.25) is 0 Å². The summed E-state index contributed by atoms with van der Waals surface area (Å²) in [5.41, 5.74) is 8.07. The highest BCUT2D eigenvalue weighted by molar-refractivity contribution is 7.80. The fraction of sp³-hybridized carbons (Fsp3) is 0.200. The van der Waals surface area contributed by atoms with E-state index in [1.165, 1.54) is 10.9 Å². The van der Waals surface area contributed by atoms with E-state index in [1.54, 1.807) is 11.3 Å². The summed E-state index contributed by atoms with van der Waals surface area (Å²) in [6.45, 7) is 2.13. The molecule has 13 heavy (non-hydrogen) atoms. The van der Waals surface area contributed by atoms with Gasteiger partial charge in [0.05, 0.1) is 4.70 Å². The minimum absolute atomic E-state index is 0.875. The number of thiol groups is 1. The Kier molecular flexibility index (Phi) is 2.22. The molecule has 0 saturated heterocycles. The van der Waals surface area contributed by atoms with Crippen LogP contribution >= 0.6 is 24.0 Å². The van der Waals surface area contributed by atoms with E-state index in [1.807, 2.05) is 11.4 Å². The number of anilines is 1. The maximum atomic E-state index is 5.92. The first-order valence-electron chi connectivity index (χ1n) is 4.21. The molecule has 0 saturated carbocycles. The van der Waals surface area contributed by atoms with Crippen LogP contribution in [0.2, 0.25) is 0 Å². The van der Waals surface area contributed by atoms with Crippen LogP contribution in [0.3, 0.4) is 0 Å². The third-order valence-corrected chi connectivity index (χ3v) is 3.74. The number of hydrogen-bond acceptors (Lipinski definition) is 3. The van der Waals surface area contributed by atoms with Crippen LogP contribution in [0.4, 0.5) is 5.69 Å². The van der Waals surface area contributed by atoms with Crippen molar-refractivity contribution in [1.29, 1.82) is 0 Å². The van der Waals surface area contributed by atoms with E-state index in [0.29, 0.717) is 0 Å². The molecule has 1 nitrogen and oxygen atoms in total. The van der Waals surface area contributed by atoms with Crippen molar-refractivity contribution >= 4 is 39.7 Å². The van der Waals surface area contributed by atoms with Crippen LogP contribution in [0.5, 0.6) is 0 Å². The number of aryl methyl sites for hydroxylation is 1. The maximum Gasteiger partial charge on any atom is 0.0583 e. The second kappa shape index (κ2) is 3.24. The topological polar surface area (TPSA) is 26.0 Å². The molecular weight excluding hydrogens is 198 g/mol. The number of nitrogen functional groups attached to an aromatic ring is 1. The molecule has 2 N–H and O–H groups in total. The molecule has 0 amide bonds. The van der Waals surface area contributed by atoms with E-state index in [0.717, 1.165) is 21.7 Å². The smallest absolute Gasteiger partial charge is 0.0583 e. The molecule has 0 aliphatic rings. The molecule has 68 valence electrons. The number of benzene rings is 1. The summed E-state index contributed by atoms with van der Waals surface area (Å²) in [5.74, 6) is 0. The van der Waals surface area contributed by atoms with Gasteiger partial charge < -0.3 is 5.73 Å². The Labute approximate surface area is 87.0 Å². The minimum Gasteiger partial charge on any atom is -0.398 e. The number of thiophene rings is 1. The molecule has 3 heteroatoms. The van der Waals surface area contributed by atoms with Gasteiger partial charge in [0.1, 0.15) is 0 Å². The molecule has 0 aliphatic carbocycles. The van der Waals surface area contributed by atoms with E-state index in [9.17, 15) is 0 Å². The Hall–Kier alpha value is -0.670. The van der Waals surface area contributed by atoms with Gasteiger partial charge in [0.25, 0.3) is 0 Å². The summed E-state index contributed by atoms with van der Waals surface area (Å²) in [4.78, 5) is 1.03. The van der Waals surface area contributed by atoms with Crippen molar-refractivity contribution in [2.45, 2.75) is 18.2 Å². The third kappa shape index (κ3) is 1.42.